The molecule has 13 heavy (non-hydrogen) atoms. The second kappa shape index (κ2) is 5.20. The summed E-state index contributed by atoms with van der Waals surface area (Å²) in [7, 11) is 0. The third-order valence-electron chi connectivity index (χ3n) is 2.51. The molecule has 1 unspecified atom stereocenters. The van der Waals surface area contributed by atoms with Crippen LogP contribution in [0.5, 0.6) is 0 Å². The number of rotatable bonds is 4. The molecule has 0 heterocycles. The first kappa shape index (κ1) is 10.5. The Hall–Kier alpha value is -0.600. The van der Waals surface area contributed by atoms with Crippen molar-refractivity contribution >= 4 is 0 Å². The molecule has 1 aliphatic carbocycles. The molecule has 74 valence electrons. The van der Waals surface area contributed by atoms with E-state index in [0.717, 1.165) is 19.3 Å². The van der Waals surface area contributed by atoms with E-state index >= 15 is 0 Å². The van der Waals surface area contributed by atoms with E-state index in [2.05, 4.69) is 13.5 Å². The topological polar surface area (TPSA) is 29.5 Å². The second-order valence-corrected chi connectivity index (χ2v) is 3.47. The van der Waals surface area contributed by atoms with Crippen LogP contribution in [0, 0.1) is 0 Å². The molecule has 0 spiro atoms. The Kier molecular flexibility index (Phi) is 4.19. The summed E-state index contributed by atoms with van der Waals surface area (Å²) in [6.07, 6.45) is 5.35. The Balaban J connectivity index is 2.42. The molecule has 2 heteroatoms. The summed E-state index contributed by atoms with van der Waals surface area (Å²) in [4.78, 5) is 0. The lowest BCUT2D eigenvalue weighted by atomic mass is 9.91. The third-order valence-corrected chi connectivity index (χ3v) is 2.51. The van der Waals surface area contributed by atoms with E-state index in [9.17, 15) is 0 Å². The monoisotopic (exact) mass is 182 g/mol. The molecule has 2 nitrogen and oxygen atoms in total. The first-order valence-corrected chi connectivity index (χ1v) is 4.81. The van der Waals surface area contributed by atoms with Crippen molar-refractivity contribution in [3.05, 3.63) is 23.8 Å². The highest BCUT2D eigenvalue weighted by molar-refractivity contribution is 5.25. The van der Waals surface area contributed by atoms with Crippen LogP contribution in [-0.4, -0.2) is 24.4 Å². The summed E-state index contributed by atoms with van der Waals surface area (Å²) in [6, 6.07) is 0. The Morgan fingerprint density at radius 2 is 2.46 bits per heavy atom. The SMILES string of the molecule is C=CC1=C(C)CC(OCCO)CC1. The van der Waals surface area contributed by atoms with Gasteiger partial charge < -0.3 is 9.84 Å². The highest BCUT2D eigenvalue weighted by atomic mass is 16.5. The first-order chi connectivity index (χ1) is 6.27. The van der Waals surface area contributed by atoms with Gasteiger partial charge >= 0.3 is 0 Å². The maximum Gasteiger partial charge on any atom is 0.0701 e. The Bertz CT molecular complexity index is 206. The molecule has 1 rings (SSSR count). The van der Waals surface area contributed by atoms with Crippen LogP contribution in [0.15, 0.2) is 23.8 Å². The highest BCUT2D eigenvalue weighted by Crippen LogP contribution is 2.26. The minimum absolute atomic E-state index is 0.119. The van der Waals surface area contributed by atoms with Gasteiger partial charge in [0, 0.05) is 0 Å². The summed E-state index contributed by atoms with van der Waals surface area (Å²) >= 11 is 0. The van der Waals surface area contributed by atoms with E-state index in [0.29, 0.717) is 12.7 Å². The van der Waals surface area contributed by atoms with Gasteiger partial charge in [0.1, 0.15) is 0 Å². The fourth-order valence-corrected chi connectivity index (χ4v) is 1.74. The standard InChI is InChI=1S/C11H18O2/c1-3-10-4-5-11(8-9(10)2)13-7-6-12/h3,11-12H,1,4-8H2,2H3. The Labute approximate surface area is 79.9 Å². The third kappa shape index (κ3) is 2.98. The van der Waals surface area contributed by atoms with Gasteiger partial charge in [-0.3, -0.25) is 0 Å². The van der Waals surface area contributed by atoms with E-state index in [1.54, 1.807) is 0 Å². The van der Waals surface area contributed by atoms with Crippen LogP contribution in [0.2, 0.25) is 0 Å². The molecule has 0 aromatic carbocycles. The van der Waals surface area contributed by atoms with Gasteiger partial charge in [0.2, 0.25) is 0 Å². The fourth-order valence-electron chi connectivity index (χ4n) is 1.74. The number of ether oxygens (including phenoxy) is 1. The Morgan fingerprint density at radius 1 is 1.69 bits per heavy atom. The molecule has 1 N–H and O–H groups in total. The predicted molar refractivity (Wildman–Crippen MR) is 53.6 cm³/mol. The molecule has 0 bridgehead atoms. The number of aliphatic hydroxyl groups excluding tert-OH is 1. The minimum Gasteiger partial charge on any atom is -0.394 e. The van der Waals surface area contributed by atoms with E-state index in [-0.39, 0.29) is 6.61 Å². The van der Waals surface area contributed by atoms with E-state index in [1.165, 1.54) is 11.1 Å². The van der Waals surface area contributed by atoms with Crippen LogP contribution in [0.4, 0.5) is 0 Å². The molecule has 0 aliphatic heterocycles. The van der Waals surface area contributed by atoms with Gasteiger partial charge in [-0.2, -0.15) is 0 Å². The van der Waals surface area contributed by atoms with Crippen molar-refractivity contribution in [1.82, 2.24) is 0 Å². The van der Waals surface area contributed by atoms with Crippen molar-refractivity contribution in [1.29, 1.82) is 0 Å². The van der Waals surface area contributed by atoms with Gasteiger partial charge in [0.05, 0.1) is 19.3 Å². The first-order valence-electron chi connectivity index (χ1n) is 4.81. The van der Waals surface area contributed by atoms with Crippen molar-refractivity contribution in [3.63, 3.8) is 0 Å². The number of allylic oxidation sites excluding steroid dienone is 2. The molecule has 0 saturated heterocycles. The van der Waals surface area contributed by atoms with Crippen LogP contribution in [-0.2, 0) is 4.74 Å². The molecule has 0 saturated carbocycles. The predicted octanol–water partition coefficient (Wildman–Crippen LogP) is 2.05. The normalized spacial score (nSPS) is 23.4. The zero-order valence-electron chi connectivity index (χ0n) is 8.25. The van der Waals surface area contributed by atoms with Crippen molar-refractivity contribution in [2.75, 3.05) is 13.2 Å². The van der Waals surface area contributed by atoms with Gasteiger partial charge in [-0.05, 0) is 31.8 Å². The second-order valence-electron chi connectivity index (χ2n) is 3.47. The molecule has 0 aromatic rings. The van der Waals surface area contributed by atoms with Crippen molar-refractivity contribution in [3.8, 4) is 0 Å². The maximum absolute atomic E-state index is 8.61. The summed E-state index contributed by atoms with van der Waals surface area (Å²) in [5, 5.41) is 8.61. The lowest BCUT2D eigenvalue weighted by molar-refractivity contribution is 0.0220. The average Bonchev–Trinajstić information content (AvgIpc) is 2.15. The molecule has 0 radical (unpaired) electrons. The van der Waals surface area contributed by atoms with E-state index < -0.39 is 0 Å². The van der Waals surface area contributed by atoms with Gasteiger partial charge in [-0.25, -0.2) is 0 Å². The maximum atomic E-state index is 8.61. The van der Waals surface area contributed by atoms with Crippen molar-refractivity contribution in [2.45, 2.75) is 32.3 Å². The number of aliphatic hydroxyl groups is 1. The minimum atomic E-state index is 0.119. The van der Waals surface area contributed by atoms with Gasteiger partial charge in [0.15, 0.2) is 0 Å². The largest absolute Gasteiger partial charge is 0.394 e. The van der Waals surface area contributed by atoms with Crippen LogP contribution >= 0.6 is 0 Å². The van der Waals surface area contributed by atoms with Crippen LogP contribution < -0.4 is 0 Å². The van der Waals surface area contributed by atoms with Crippen molar-refractivity contribution < 1.29 is 9.84 Å². The summed E-state index contributed by atoms with van der Waals surface area (Å²) in [6.45, 7) is 6.49. The van der Waals surface area contributed by atoms with Crippen LogP contribution in [0.3, 0.4) is 0 Å². The zero-order valence-corrected chi connectivity index (χ0v) is 8.25. The average molecular weight is 182 g/mol. The number of hydrogen-bond acceptors (Lipinski definition) is 2. The summed E-state index contributed by atoms with van der Waals surface area (Å²) in [5.74, 6) is 0. The van der Waals surface area contributed by atoms with Gasteiger partial charge in [-0.1, -0.05) is 18.2 Å². The van der Waals surface area contributed by atoms with Crippen LogP contribution in [0.1, 0.15) is 26.2 Å². The highest BCUT2D eigenvalue weighted by Gasteiger charge is 2.17. The molecule has 0 aromatic heterocycles. The quantitative estimate of drug-likeness (QED) is 0.721. The molecule has 0 amide bonds. The summed E-state index contributed by atoms with van der Waals surface area (Å²) < 4.78 is 5.48. The van der Waals surface area contributed by atoms with Crippen LogP contribution in [0.25, 0.3) is 0 Å². The lowest BCUT2D eigenvalue weighted by Crippen LogP contribution is -2.19. The number of hydrogen-bond donors (Lipinski definition) is 1. The van der Waals surface area contributed by atoms with Gasteiger partial charge in [-0.15, -0.1) is 0 Å². The Morgan fingerprint density at radius 3 is 3.00 bits per heavy atom. The molecular formula is C11H18O2. The van der Waals surface area contributed by atoms with Gasteiger partial charge in [0.25, 0.3) is 0 Å². The molecule has 0 fully saturated rings. The van der Waals surface area contributed by atoms with Crippen molar-refractivity contribution in [2.24, 2.45) is 0 Å². The zero-order chi connectivity index (χ0) is 9.68. The molecular weight excluding hydrogens is 164 g/mol. The molecule has 1 atom stereocenters. The smallest absolute Gasteiger partial charge is 0.0701 e. The van der Waals surface area contributed by atoms with E-state index in [1.807, 2.05) is 6.08 Å². The molecule has 1 aliphatic rings. The summed E-state index contributed by atoms with van der Waals surface area (Å²) in [5.41, 5.74) is 2.74. The lowest BCUT2D eigenvalue weighted by Gasteiger charge is -2.24. The van der Waals surface area contributed by atoms with E-state index in [4.69, 9.17) is 9.84 Å². The fraction of sp³-hybridized carbons (Fsp3) is 0.636.